The Morgan fingerprint density at radius 2 is 1.58 bits per heavy atom. The van der Waals surface area contributed by atoms with Gasteiger partial charge < -0.3 is 5.32 Å². The van der Waals surface area contributed by atoms with E-state index >= 15 is 0 Å². The molecule has 0 aliphatic carbocycles. The van der Waals surface area contributed by atoms with Gasteiger partial charge in [0.1, 0.15) is 0 Å². The van der Waals surface area contributed by atoms with Gasteiger partial charge in [-0.3, -0.25) is 0 Å². The summed E-state index contributed by atoms with van der Waals surface area (Å²) in [7, 11) is 0. The van der Waals surface area contributed by atoms with Crippen molar-refractivity contribution in [3.63, 3.8) is 0 Å². The van der Waals surface area contributed by atoms with Crippen molar-refractivity contribution in [1.82, 2.24) is 0 Å². The number of aryl methyl sites for hydroxylation is 1. The van der Waals surface area contributed by atoms with E-state index in [-0.39, 0.29) is 0 Å². The Morgan fingerprint density at radius 3 is 2.42 bits per heavy atom. The molecule has 2 atom stereocenters. The van der Waals surface area contributed by atoms with Crippen LogP contribution in [-0.2, 0) is 0 Å². The Labute approximate surface area is 148 Å². The van der Waals surface area contributed by atoms with E-state index in [1.54, 1.807) is 0 Å². The lowest BCUT2D eigenvalue weighted by Crippen LogP contribution is -2.11. The number of benzene rings is 3. The molecule has 120 valence electrons. The van der Waals surface area contributed by atoms with Gasteiger partial charge in [0.05, 0.1) is 6.04 Å². The molecular weight excluding hydrogens is 310 g/mol. The van der Waals surface area contributed by atoms with E-state index in [4.69, 9.17) is 0 Å². The Balaban J connectivity index is 1.75. The molecule has 0 saturated carbocycles. The van der Waals surface area contributed by atoms with E-state index in [0.29, 0.717) is 11.3 Å². The molecule has 1 N–H and O–H groups in total. The van der Waals surface area contributed by atoms with Gasteiger partial charge in [0.15, 0.2) is 0 Å². The molecule has 0 fully saturated rings. The van der Waals surface area contributed by atoms with Crippen molar-refractivity contribution in [2.24, 2.45) is 0 Å². The highest BCUT2D eigenvalue weighted by Gasteiger charge is 2.25. The molecule has 0 saturated heterocycles. The Morgan fingerprint density at radius 1 is 0.833 bits per heavy atom. The third-order valence-corrected chi connectivity index (χ3v) is 5.91. The zero-order valence-corrected chi connectivity index (χ0v) is 14.6. The number of rotatable bonds is 2. The minimum absolute atomic E-state index is 0.327. The molecule has 1 aliphatic rings. The first-order chi connectivity index (χ1) is 11.8. The second kappa shape index (κ2) is 6.74. The molecule has 1 nitrogen and oxygen atoms in total. The molecule has 0 amide bonds. The van der Waals surface area contributed by atoms with Gasteiger partial charge in [-0.25, -0.2) is 0 Å². The summed E-state index contributed by atoms with van der Waals surface area (Å²) in [6.07, 6.45) is 1.08. The van der Waals surface area contributed by atoms with Crippen LogP contribution in [0.3, 0.4) is 0 Å². The third-order valence-electron chi connectivity index (χ3n) is 4.55. The van der Waals surface area contributed by atoms with Gasteiger partial charge in [0.2, 0.25) is 0 Å². The van der Waals surface area contributed by atoms with E-state index in [0.717, 1.165) is 6.42 Å². The minimum Gasteiger partial charge on any atom is -0.377 e. The first-order valence-electron chi connectivity index (χ1n) is 8.43. The number of nitrogens with one attached hydrogen (secondary N) is 1. The second-order valence-electron chi connectivity index (χ2n) is 6.36. The van der Waals surface area contributed by atoms with Crippen LogP contribution in [0.25, 0.3) is 0 Å². The standard InChI is InChI=1S/C22H21NS/c1-16-8-7-11-18(14-16)22-15-20(17-9-3-2-4-10-17)23-19-12-5-6-13-21(19)24-22/h2-14,20,22-23H,15H2,1H3/t20-,22-/m0/s1. The molecule has 4 rings (SSSR count). The fourth-order valence-corrected chi connectivity index (χ4v) is 4.62. The van der Waals surface area contributed by atoms with Crippen LogP contribution in [-0.4, -0.2) is 0 Å². The number of para-hydroxylation sites is 1. The number of hydrogen-bond acceptors (Lipinski definition) is 2. The van der Waals surface area contributed by atoms with Crippen molar-refractivity contribution >= 4 is 17.4 Å². The summed E-state index contributed by atoms with van der Waals surface area (Å²) in [6.45, 7) is 2.17. The van der Waals surface area contributed by atoms with Crippen LogP contribution in [0.5, 0.6) is 0 Å². The van der Waals surface area contributed by atoms with Crippen LogP contribution in [0.2, 0.25) is 0 Å². The summed E-state index contributed by atoms with van der Waals surface area (Å²) in [5.41, 5.74) is 5.34. The van der Waals surface area contributed by atoms with Crippen molar-refractivity contribution in [3.05, 3.63) is 95.6 Å². The SMILES string of the molecule is Cc1cccc([C@@H]2C[C@@H](c3ccccc3)Nc3ccccc3S2)c1. The first kappa shape index (κ1) is 15.3. The van der Waals surface area contributed by atoms with Crippen molar-refractivity contribution in [3.8, 4) is 0 Å². The lowest BCUT2D eigenvalue weighted by atomic mass is 9.97. The van der Waals surface area contributed by atoms with Crippen molar-refractivity contribution in [1.29, 1.82) is 0 Å². The number of anilines is 1. The summed E-state index contributed by atoms with van der Waals surface area (Å²) in [6, 6.07) is 28.7. The van der Waals surface area contributed by atoms with Crippen LogP contribution in [0.15, 0.2) is 83.8 Å². The molecule has 0 spiro atoms. The van der Waals surface area contributed by atoms with Crippen LogP contribution < -0.4 is 5.32 Å². The highest BCUT2D eigenvalue weighted by atomic mass is 32.2. The van der Waals surface area contributed by atoms with E-state index in [9.17, 15) is 0 Å². The maximum atomic E-state index is 3.77. The molecule has 0 bridgehead atoms. The van der Waals surface area contributed by atoms with Gasteiger partial charge in [-0.15, -0.1) is 11.8 Å². The monoisotopic (exact) mass is 331 g/mol. The lowest BCUT2D eigenvalue weighted by Gasteiger charge is -2.22. The average molecular weight is 331 g/mol. The molecule has 2 heteroatoms. The van der Waals surface area contributed by atoms with E-state index in [1.165, 1.54) is 27.3 Å². The van der Waals surface area contributed by atoms with E-state index < -0.39 is 0 Å². The van der Waals surface area contributed by atoms with Crippen molar-refractivity contribution in [2.75, 3.05) is 5.32 Å². The summed E-state index contributed by atoms with van der Waals surface area (Å²) in [5.74, 6) is 0. The topological polar surface area (TPSA) is 12.0 Å². The summed E-state index contributed by atoms with van der Waals surface area (Å²) < 4.78 is 0. The molecule has 24 heavy (non-hydrogen) atoms. The fourth-order valence-electron chi connectivity index (χ4n) is 3.33. The predicted octanol–water partition coefficient (Wildman–Crippen LogP) is 6.39. The zero-order chi connectivity index (χ0) is 16.4. The molecular formula is C22H21NS. The van der Waals surface area contributed by atoms with Crippen LogP contribution in [0, 0.1) is 6.92 Å². The van der Waals surface area contributed by atoms with Gasteiger partial charge in [-0.1, -0.05) is 72.3 Å². The third kappa shape index (κ3) is 3.20. The Bertz CT molecular complexity index is 828. The summed E-state index contributed by atoms with van der Waals surface area (Å²) in [5, 5.41) is 4.22. The normalized spacial score (nSPS) is 19.9. The minimum atomic E-state index is 0.327. The van der Waals surface area contributed by atoms with Gasteiger partial charge >= 0.3 is 0 Å². The van der Waals surface area contributed by atoms with E-state index in [1.807, 2.05) is 11.8 Å². The maximum Gasteiger partial charge on any atom is 0.0528 e. The Hall–Kier alpha value is -2.19. The fraction of sp³-hybridized carbons (Fsp3) is 0.182. The summed E-state index contributed by atoms with van der Waals surface area (Å²) >= 11 is 1.98. The number of fused-ring (bicyclic) bond motifs is 1. The average Bonchev–Trinajstić information content (AvgIpc) is 2.82. The van der Waals surface area contributed by atoms with Crippen LogP contribution in [0.1, 0.15) is 34.4 Å². The van der Waals surface area contributed by atoms with E-state index in [2.05, 4.69) is 91.1 Å². The smallest absolute Gasteiger partial charge is 0.0528 e. The number of thioether (sulfide) groups is 1. The van der Waals surface area contributed by atoms with Crippen LogP contribution >= 0.6 is 11.8 Å². The van der Waals surface area contributed by atoms with Crippen LogP contribution in [0.4, 0.5) is 5.69 Å². The van der Waals surface area contributed by atoms with Gasteiger partial charge in [-0.05, 0) is 36.6 Å². The molecule has 3 aromatic rings. The molecule has 0 aromatic heterocycles. The maximum absolute atomic E-state index is 3.77. The molecule has 0 unspecified atom stereocenters. The van der Waals surface area contributed by atoms with Gasteiger partial charge in [-0.2, -0.15) is 0 Å². The van der Waals surface area contributed by atoms with Crippen molar-refractivity contribution in [2.45, 2.75) is 29.5 Å². The molecule has 1 aliphatic heterocycles. The number of hydrogen-bond donors (Lipinski definition) is 1. The second-order valence-corrected chi connectivity index (χ2v) is 7.60. The quantitative estimate of drug-likeness (QED) is 0.584. The molecule has 1 heterocycles. The lowest BCUT2D eigenvalue weighted by molar-refractivity contribution is 0.687. The Kier molecular flexibility index (Phi) is 4.31. The highest BCUT2D eigenvalue weighted by Crippen LogP contribution is 2.48. The predicted molar refractivity (Wildman–Crippen MR) is 104 cm³/mol. The van der Waals surface area contributed by atoms with Gasteiger partial charge in [0.25, 0.3) is 0 Å². The molecule has 0 radical (unpaired) electrons. The first-order valence-corrected chi connectivity index (χ1v) is 9.31. The van der Waals surface area contributed by atoms with Crippen molar-refractivity contribution < 1.29 is 0 Å². The molecule has 3 aromatic carbocycles. The summed E-state index contributed by atoms with van der Waals surface area (Å²) in [4.78, 5) is 1.34. The zero-order valence-electron chi connectivity index (χ0n) is 13.8. The van der Waals surface area contributed by atoms with Gasteiger partial charge in [0, 0.05) is 15.8 Å². The largest absolute Gasteiger partial charge is 0.377 e. The highest BCUT2D eigenvalue weighted by molar-refractivity contribution is 7.99.